The molecule has 1 aliphatic heterocycles. The third kappa shape index (κ3) is 2.71. The number of carbonyl (C=O) groups is 1. The summed E-state index contributed by atoms with van der Waals surface area (Å²) in [6.07, 6.45) is 0. The van der Waals surface area contributed by atoms with Crippen LogP contribution in [0, 0.1) is 6.92 Å². The van der Waals surface area contributed by atoms with Crippen molar-refractivity contribution in [3.8, 4) is 10.6 Å². The van der Waals surface area contributed by atoms with E-state index in [9.17, 15) is 4.79 Å². The van der Waals surface area contributed by atoms with Crippen LogP contribution in [-0.4, -0.2) is 50.7 Å². The molecule has 2 atom stereocenters. The number of pyridine rings is 1. The van der Waals surface area contributed by atoms with E-state index in [-0.39, 0.29) is 18.0 Å². The first-order chi connectivity index (χ1) is 12.5. The molecule has 3 aromatic rings. The second-order valence-corrected chi connectivity index (χ2v) is 7.87. The molecular weight excluding hydrogens is 346 g/mol. The lowest BCUT2D eigenvalue weighted by molar-refractivity contribution is 0.0605. The average Bonchev–Trinajstić information content (AvgIpc) is 3.25. The summed E-state index contributed by atoms with van der Waals surface area (Å²) in [6.45, 7) is 7.69. The van der Waals surface area contributed by atoms with Crippen molar-refractivity contribution >= 4 is 28.3 Å². The highest BCUT2D eigenvalue weighted by Crippen LogP contribution is 2.30. The highest BCUT2D eigenvalue weighted by Gasteiger charge is 2.31. The lowest BCUT2D eigenvalue weighted by Crippen LogP contribution is -2.57. The van der Waals surface area contributed by atoms with Crippen molar-refractivity contribution in [2.75, 3.05) is 13.1 Å². The summed E-state index contributed by atoms with van der Waals surface area (Å²) in [4.78, 5) is 21.3. The molecule has 0 bridgehead atoms. The van der Waals surface area contributed by atoms with Gasteiger partial charge in [-0.3, -0.25) is 9.48 Å². The number of hydrogen-bond donors (Lipinski definition) is 1. The maximum Gasteiger partial charge on any atom is 0.255 e. The predicted octanol–water partition coefficient (Wildman–Crippen LogP) is 2.83. The minimum atomic E-state index is 0.0622. The van der Waals surface area contributed by atoms with Gasteiger partial charge in [0.15, 0.2) is 5.65 Å². The molecule has 1 N–H and O–H groups in total. The highest BCUT2D eigenvalue weighted by molar-refractivity contribution is 7.13. The largest absolute Gasteiger partial charge is 0.333 e. The van der Waals surface area contributed by atoms with Gasteiger partial charge >= 0.3 is 0 Å². The number of nitrogens with one attached hydrogen (secondary N) is 1. The molecule has 136 valence electrons. The zero-order valence-electron chi connectivity index (χ0n) is 15.5. The fourth-order valence-corrected chi connectivity index (χ4v) is 4.35. The summed E-state index contributed by atoms with van der Waals surface area (Å²) in [7, 11) is 1.88. The van der Waals surface area contributed by atoms with Crippen molar-refractivity contribution in [3.05, 3.63) is 34.8 Å². The van der Waals surface area contributed by atoms with E-state index in [1.807, 2.05) is 42.5 Å². The fraction of sp³-hybridized carbons (Fsp3) is 0.421. The number of nitrogens with zero attached hydrogens (tertiary/aromatic N) is 4. The zero-order valence-corrected chi connectivity index (χ0v) is 16.3. The maximum absolute atomic E-state index is 13.5. The van der Waals surface area contributed by atoms with E-state index in [4.69, 9.17) is 4.98 Å². The van der Waals surface area contributed by atoms with Crippen molar-refractivity contribution in [2.24, 2.45) is 7.05 Å². The summed E-state index contributed by atoms with van der Waals surface area (Å²) in [5, 5.41) is 10.8. The van der Waals surface area contributed by atoms with Gasteiger partial charge in [-0.15, -0.1) is 11.3 Å². The van der Waals surface area contributed by atoms with E-state index in [1.165, 1.54) is 0 Å². The van der Waals surface area contributed by atoms with E-state index in [2.05, 4.69) is 24.3 Å². The van der Waals surface area contributed by atoms with Crippen LogP contribution >= 0.6 is 11.3 Å². The van der Waals surface area contributed by atoms with Crippen molar-refractivity contribution in [2.45, 2.75) is 32.9 Å². The molecule has 3 aromatic heterocycles. The number of amides is 1. The first kappa shape index (κ1) is 17.2. The van der Waals surface area contributed by atoms with Gasteiger partial charge < -0.3 is 10.2 Å². The number of thiophene rings is 1. The maximum atomic E-state index is 13.5. The molecule has 0 saturated carbocycles. The van der Waals surface area contributed by atoms with Gasteiger partial charge in [0.05, 0.1) is 27.2 Å². The van der Waals surface area contributed by atoms with E-state index in [1.54, 1.807) is 16.0 Å². The number of carbonyl (C=O) groups excluding carboxylic acids is 1. The van der Waals surface area contributed by atoms with Gasteiger partial charge in [0.2, 0.25) is 0 Å². The number of fused-ring (bicyclic) bond motifs is 1. The predicted molar refractivity (Wildman–Crippen MR) is 105 cm³/mol. The standard InChI is InChI=1S/C19H23N5OS/c1-11-13(3)24(8-7-20-11)19(25)14-10-15(16-6-5-9-26-16)21-18-17(14)12(2)22-23(18)4/h5-6,9-11,13,20H,7-8H2,1-4H3. The van der Waals surface area contributed by atoms with Gasteiger partial charge in [-0.2, -0.15) is 5.10 Å². The number of piperazine rings is 1. The molecule has 0 aromatic carbocycles. The average molecular weight is 369 g/mol. The Bertz CT molecular complexity index is 962. The molecule has 4 heterocycles. The van der Waals surface area contributed by atoms with E-state index in [0.29, 0.717) is 12.1 Å². The quantitative estimate of drug-likeness (QED) is 0.754. The molecule has 6 nitrogen and oxygen atoms in total. The van der Waals surface area contributed by atoms with E-state index in [0.717, 1.165) is 33.8 Å². The van der Waals surface area contributed by atoms with Gasteiger partial charge in [0.1, 0.15) is 0 Å². The molecule has 1 fully saturated rings. The van der Waals surface area contributed by atoms with Crippen LogP contribution < -0.4 is 5.32 Å². The van der Waals surface area contributed by atoms with E-state index >= 15 is 0 Å². The number of hydrogen-bond acceptors (Lipinski definition) is 5. The number of aromatic nitrogens is 3. The Labute approximate surface area is 156 Å². The SMILES string of the molecule is Cc1nn(C)c2nc(-c3cccs3)cc(C(=O)N3CCNC(C)C3C)c12. The smallest absolute Gasteiger partial charge is 0.255 e. The van der Waals surface area contributed by atoms with E-state index < -0.39 is 0 Å². The first-order valence-corrected chi connectivity index (χ1v) is 9.78. The van der Waals surface area contributed by atoms with Crippen LogP contribution in [0.3, 0.4) is 0 Å². The van der Waals surface area contributed by atoms with Crippen LogP contribution in [0.4, 0.5) is 0 Å². The van der Waals surface area contributed by atoms with Crippen LogP contribution in [-0.2, 0) is 7.05 Å². The summed E-state index contributed by atoms with van der Waals surface area (Å²) in [5.74, 6) is 0.0622. The third-order valence-corrected chi connectivity index (χ3v) is 6.16. The Hall–Kier alpha value is -2.25. The molecule has 0 aliphatic carbocycles. The van der Waals surface area contributed by atoms with Gasteiger partial charge in [0, 0.05) is 32.2 Å². The van der Waals surface area contributed by atoms with Crippen molar-refractivity contribution < 1.29 is 4.79 Å². The van der Waals surface area contributed by atoms with Crippen LogP contribution in [0.25, 0.3) is 21.6 Å². The monoisotopic (exact) mass is 369 g/mol. The van der Waals surface area contributed by atoms with Gasteiger partial charge in [-0.05, 0) is 38.3 Å². The topological polar surface area (TPSA) is 63.1 Å². The van der Waals surface area contributed by atoms with Crippen molar-refractivity contribution in [1.29, 1.82) is 0 Å². The minimum Gasteiger partial charge on any atom is -0.333 e. The normalized spacial score (nSPS) is 20.7. The lowest BCUT2D eigenvalue weighted by Gasteiger charge is -2.38. The number of rotatable bonds is 2. The molecule has 2 unspecified atom stereocenters. The summed E-state index contributed by atoms with van der Waals surface area (Å²) in [5.41, 5.74) is 3.12. The molecule has 4 rings (SSSR count). The second kappa shape index (κ2) is 6.48. The summed E-state index contributed by atoms with van der Waals surface area (Å²) in [6, 6.07) is 6.39. The Kier molecular flexibility index (Phi) is 4.28. The van der Waals surface area contributed by atoms with Crippen LogP contribution in [0.5, 0.6) is 0 Å². The Balaban J connectivity index is 1.89. The highest BCUT2D eigenvalue weighted by atomic mass is 32.1. The molecule has 0 spiro atoms. The Morgan fingerprint density at radius 3 is 2.92 bits per heavy atom. The van der Waals surface area contributed by atoms with Crippen molar-refractivity contribution in [1.82, 2.24) is 25.0 Å². The first-order valence-electron chi connectivity index (χ1n) is 8.90. The second-order valence-electron chi connectivity index (χ2n) is 6.92. The Morgan fingerprint density at radius 1 is 1.38 bits per heavy atom. The molecular formula is C19H23N5OS. The molecule has 26 heavy (non-hydrogen) atoms. The third-order valence-electron chi connectivity index (χ3n) is 5.27. The lowest BCUT2D eigenvalue weighted by atomic mass is 10.0. The summed E-state index contributed by atoms with van der Waals surface area (Å²) < 4.78 is 1.77. The Morgan fingerprint density at radius 2 is 2.19 bits per heavy atom. The van der Waals surface area contributed by atoms with Gasteiger partial charge in [-0.25, -0.2) is 4.98 Å². The molecule has 1 amide bonds. The summed E-state index contributed by atoms with van der Waals surface area (Å²) >= 11 is 1.63. The minimum absolute atomic E-state index is 0.0622. The van der Waals surface area contributed by atoms with Crippen LogP contribution in [0.2, 0.25) is 0 Å². The van der Waals surface area contributed by atoms with Crippen LogP contribution in [0.15, 0.2) is 23.6 Å². The zero-order chi connectivity index (χ0) is 18.4. The molecule has 0 radical (unpaired) electrons. The van der Waals surface area contributed by atoms with Gasteiger partial charge in [-0.1, -0.05) is 6.07 Å². The van der Waals surface area contributed by atoms with Crippen LogP contribution in [0.1, 0.15) is 29.9 Å². The fourth-order valence-electron chi connectivity index (χ4n) is 3.66. The van der Waals surface area contributed by atoms with Gasteiger partial charge in [0.25, 0.3) is 5.91 Å². The van der Waals surface area contributed by atoms with Crippen molar-refractivity contribution in [3.63, 3.8) is 0 Å². The molecule has 1 saturated heterocycles. The molecule has 7 heteroatoms. The molecule has 1 aliphatic rings. The number of aryl methyl sites for hydroxylation is 2.